The minimum atomic E-state index is 0.771. The molecule has 1 saturated heterocycles. The summed E-state index contributed by atoms with van der Waals surface area (Å²) in [4.78, 5) is 2.28. The van der Waals surface area contributed by atoms with Crippen LogP contribution in [0.15, 0.2) is 42.5 Å². The average Bonchev–Trinajstić information content (AvgIpc) is 2.99. The van der Waals surface area contributed by atoms with Crippen molar-refractivity contribution in [3.8, 4) is 11.4 Å². The van der Waals surface area contributed by atoms with Crippen LogP contribution in [0.3, 0.4) is 0 Å². The van der Waals surface area contributed by atoms with Gasteiger partial charge in [0.15, 0.2) is 11.5 Å². The van der Waals surface area contributed by atoms with E-state index < -0.39 is 0 Å². The third-order valence-electron chi connectivity index (χ3n) is 3.72. The van der Waals surface area contributed by atoms with Crippen LogP contribution in [0.4, 0.5) is 5.82 Å². The molecule has 0 saturated carbocycles. The number of aromatic nitrogens is 4. The van der Waals surface area contributed by atoms with Crippen molar-refractivity contribution in [3.63, 3.8) is 0 Å². The molecule has 21 heavy (non-hydrogen) atoms. The highest BCUT2D eigenvalue weighted by Gasteiger charge is 2.14. The van der Waals surface area contributed by atoms with E-state index in [1.165, 1.54) is 0 Å². The van der Waals surface area contributed by atoms with Gasteiger partial charge in [0.1, 0.15) is 5.82 Å². The molecule has 2 aromatic heterocycles. The van der Waals surface area contributed by atoms with Crippen LogP contribution in [-0.4, -0.2) is 46.0 Å². The normalized spacial score (nSPS) is 15.5. The van der Waals surface area contributed by atoms with Gasteiger partial charge < -0.3 is 10.2 Å². The van der Waals surface area contributed by atoms with Crippen molar-refractivity contribution in [2.24, 2.45) is 0 Å². The van der Waals surface area contributed by atoms with Crippen LogP contribution in [0.5, 0.6) is 0 Å². The quantitative estimate of drug-likeness (QED) is 0.764. The van der Waals surface area contributed by atoms with Crippen molar-refractivity contribution < 1.29 is 0 Å². The molecule has 1 aliphatic rings. The third kappa shape index (κ3) is 2.23. The highest BCUT2D eigenvalue weighted by molar-refractivity contribution is 5.59. The standard InChI is InChI=1S/C15H16N6/c1-2-4-12(5-3-1)15-18-17-13-6-7-14(19-21(13)15)20-10-8-16-9-11-20/h1-7,16H,8-11H2. The van der Waals surface area contributed by atoms with E-state index in [1.807, 2.05) is 47.0 Å². The smallest absolute Gasteiger partial charge is 0.185 e. The van der Waals surface area contributed by atoms with Gasteiger partial charge in [0.05, 0.1) is 0 Å². The molecule has 106 valence electrons. The fourth-order valence-corrected chi connectivity index (χ4v) is 2.61. The Morgan fingerprint density at radius 3 is 2.52 bits per heavy atom. The Labute approximate surface area is 122 Å². The number of nitrogens with one attached hydrogen (secondary N) is 1. The van der Waals surface area contributed by atoms with Gasteiger partial charge in [-0.2, -0.15) is 4.52 Å². The zero-order valence-electron chi connectivity index (χ0n) is 11.6. The maximum Gasteiger partial charge on any atom is 0.185 e. The first-order valence-electron chi connectivity index (χ1n) is 7.15. The van der Waals surface area contributed by atoms with E-state index in [2.05, 4.69) is 20.4 Å². The Balaban J connectivity index is 1.79. The van der Waals surface area contributed by atoms with E-state index in [1.54, 1.807) is 0 Å². The number of fused-ring (bicyclic) bond motifs is 1. The number of benzene rings is 1. The summed E-state index contributed by atoms with van der Waals surface area (Å²) in [5, 5.41) is 16.6. The van der Waals surface area contributed by atoms with Crippen molar-refractivity contribution in [1.82, 2.24) is 25.1 Å². The molecule has 3 heterocycles. The van der Waals surface area contributed by atoms with Crippen molar-refractivity contribution >= 4 is 11.5 Å². The number of hydrogen-bond donors (Lipinski definition) is 1. The van der Waals surface area contributed by atoms with Crippen LogP contribution in [0.25, 0.3) is 17.0 Å². The van der Waals surface area contributed by atoms with Crippen LogP contribution in [0.2, 0.25) is 0 Å². The predicted octanol–water partition coefficient (Wildman–Crippen LogP) is 1.20. The molecule has 0 bridgehead atoms. The zero-order chi connectivity index (χ0) is 14.1. The first kappa shape index (κ1) is 12.3. The van der Waals surface area contributed by atoms with Crippen LogP contribution in [0, 0.1) is 0 Å². The summed E-state index contributed by atoms with van der Waals surface area (Å²) in [6.07, 6.45) is 0. The average molecular weight is 280 g/mol. The van der Waals surface area contributed by atoms with E-state index in [9.17, 15) is 0 Å². The number of hydrogen-bond acceptors (Lipinski definition) is 5. The molecule has 6 heteroatoms. The van der Waals surface area contributed by atoms with Gasteiger partial charge >= 0.3 is 0 Å². The van der Waals surface area contributed by atoms with E-state index >= 15 is 0 Å². The Bertz CT molecular complexity index is 745. The first-order chi connectivity index (χ1) is 10.4. The molecular formula is C15H16N6. The van der Waals surface area contributed by atoms with Crippen molar-refractivity contribution in [3.05, 3.63) is 42.5 Å². The summed E-state index contributed by atoms with van der Waals surface area (Å²) in [6.45, 7) is 3.93. The molecule has 0 amide bonds. The second-order valence-electron chi connectivity index (χ2n) is 5.09. The fourth-order valence-electron chi connectivity index (χ4n) is 2.61. The number of piperazine rings is 1. The second-order valence-corrected chi connectivity index (χ2v) is 5.09. The Morgan fingerprint density at radius 2 is 1.71 bits per heavy atom. The predicted molar refractivity (Wildman–Crippen MR) is 81.3 cm³/mol. The van der Waals surface area contributed by atoms with E-state index in [0.29, 0.717) is 0 Å². The van der Waals surface area contributed by atoms with Crippen LogP contribution < -0.4 is 10.2 Å². The molecule has 6 nitrogen and oxygen atoms in total. The molecule has 1 aliphatic heterocycles. The lowest BCUT2D eigenvalue weighted by atomic mass is 10.2. The van der Waals surface area contributed by atoms with Gasteiger partial charge in [-0.15, -0.1) is 15.3 Å². The Morgan fingerprint density at radius 1 is 0.905 bits per heavy atom. The van der Waals surface area contributed by atoms with Gasteiger partial charge in [-0.05, 0) is 12.1 Å². The highest BCUT2D eigenvalue weighted by atomic mass is 15.4. The van der Waals surface area contributed by atoms with E-state index in [0.717, 1.165) is 49.0 Å². The maximum atomic E-state index is 4.73. The van der Waals surface area contributed by atoms with Crippen molar-refractivity contribution in [1.29, 1.82) is 0 Å². The van der Waals surface area contributed by atoms with Gasteiger partial charge in [0, 0.05) is 31.7 Å². The molecule has 0 unspecified atom stereocenters. The number of nitrogens with zero attached hydrogens (tertiary/aromatic N) is 5. The third-order valence-corrected chi connectivity index (χ3v) is 3.72. The molecule has 1 N–H and O–H groups in total. The number of rotatable bonds is 2. The highest BCUT2D eigenvalue weighted by Crippen LogP contribution is 2.19. The summed E-state index contributed by atoms with van der Waals surface area (Å²) < 4.78 is 1.83. The minimum absolute atomic E-state index is 0.771. The summed E-state index contributed by atoms with van der Waals surface area (Å²) in [7, 11) is 0. The lowest BCUT2D eigenvalue weighted by molar-refractivity contribution is 0.581. The summed E-state index contributed by atoms with van der Waals surface area (Å²) >= 11 is 0. The maximum absolute atomic E-state index is 4.73. The summed E-state index contributed by atoms with van der Waals surface area (Å²) in [6, 6.07) is 14.0. The fraction of sp³-hybridized carbons (Fsp3) is 0.267. The zero-order valence-corrected chi connectivity index (χ0v) is 11.6. The lowest BCUT2D eigenvalue weighted by Gasteiger charge is -2.28. The SMILES string of the molecule is c1ccc(-c2nnc3ccc(N4CCNCC4)nn23)cc1. The van der Waals surface area contributed by atoms with Gasteiger partial charge in [-0.25, -0.2) is 0 Å². The number of anilines is 1. The largest absolute Gasteiger partial charge is 0.353 e. The Hall–Kier alpha value is -2.47. The van der Waals surface area contributed by atoms with Gasteiger partial charge in [0.25, 0.3) is 0 Å². The first-order valence-corrected chi connectivity index (χ1v) is 7.15. The van der Waals surface area contributed by atoms with Gasteiger partial charge in [-0.1, -0.05) is 30.3 Å². The summed E-state index contributed by atoms with van der Waals surface area (Å²) in [5.41, 5.74) is 1.79. The van der Waals surface area contributed by atoms with Crippen LogP contribution >= 0.6 is 0 Å². The molecule has 3 aromatic rings. The molecule has 0 atom stereocenters. The topological polar surface area (TPSA) is 58.4 Å². The monoisotopic (exact) mass is 280 g/mol. The van der Waals surface area contributed by atoms with Gasteiger partial charge in [-0.3, -0.25) is 0 Å². The van der Waals surface area contributed by atoms with Crippen molar-refractivity contribution in [2.75, 3.05) is 31.1 Å². The molecule has 0 aliphatic carbocycles. The van der Waals surface area contributed by atoms with Crippen LogP contribution in [0.1, 0.15) is 0 Å². The van der Waals surface area contributed by atoms with Crippen molar-refractivity contribution in [2.45, 2.75) is 0 Å². The van der Waals surface area contributed by atoms with E-state index in [4.69, 9.17) is 5.10 Å². The van der Waals surface area contributed by atoms with Crippen LogP contribution in [-0.2, 0) is 0 Å². The lowest BCUT2D eigenvalue weighted by Crippen LogP contribution is -2.44. The minimum Gasteiger partial charge on any atom is -0.353 e. The van der Waals surface area contributed by atoms with Gasteiger partial charge in [0.2, 0.25) is 0 Å². The second kappa shape index (κ2) is 5.14. The molecule has 1 aromatic carbocycles. The molecule has 4 rings (SSSR count). The molecule has 0 spiro atoms. The molecule has 0 radical (unpaired) electrons. The van der Waals surface area contributed by atoms with E-state index in [-0.39, 0.29) is 0 Å². The Kier molecular flexibility index (Phi) is 3.01. The molecule has 1 fully saturated rings. The molecular weight excluding hydrogens is 264 g/mol. The summed E-state index contributed by atoms with van der Waals surface area (Å²) in [5.74, 6) is 1.75.